The van der Waals surface area contributed by atoms with Crippen LogP contribution in [-0.4, -0.2) is 55.6 Å². The van der Waals surface area contributed by atoms with Crippen LogP contribution in [0.4, 0.5) is 5.69 Å². The summed E-state index contributed by atoms with van der Waals surface area (Å²) < 4.78 is 27.5. The first-order chi connectivity index (χ1) is 14.4. The quantitative estimate of drug-likeness (QED) is 0.774. The Morgan fingerprint density at radius 2 is 1.70 bits per heavy atom. The second kappa shape index (κ2) is 8.67. The van der Waals surface area contributed by atoms with Gasteiger partial charge in [0.05, 0.1) is 10.8 Å². The van der Waals surface area contributed by atoms with Crippen LogP contribution in [0.1, 0.15) is 50.5 Å². The number of likely N-dealkylation sites (tertiary alicyclic amines) is 1. The van der Waals surface area contributed by atoms with E-state index in [1.807, 2.05) is 11.8 Å². The van der Waals surface area contributed by atoms with Gasteiger partial charge >= 0.3 is 0 Å². The highest BCUT2D eigenvalue weighted by molar-refractivity contribution is 7.89. The fourth-order valence-corrected chi connectivity index (χ4v) is 5.91. The molecular weight excluding hydrogens is 402 g/mol. The first-order valence-electron chi connectivity index (χ1n) is 11.1. The van der Waals surface area contributed by atoms with Crippen LogP contribution in [0.5, 0.6) is 0 Å². The maximum absolute atomic E-state index is 13.0. The third kappa shape index (κ3) is 4.54. The molecule has 0 spiro atoms. The van der Waals surface area contributed by atoms with Crippen molar-refractivity contribution in [1.82, 2.24) is 9.21 Å². The zero-order valence-electron chi connectivity index (χ0n) is 17.6. The van der Waals surface area contributed by atoms with Gasteiger partial charge in [-0.15, -0.1) is 0 Å². The number of benzene rings is 1. The summed E-state index contributed by atoms with van der Waals surface area (Å²) in [6.07, 6.45) is 6.30. The van der Waals surface area contributed by atoms with Gasteiger partial charge in [0.25, 0.3) is 0 Å². The first-order valence-corrected chi connectivity index (χ1v) is 12.5. The second-order valence-electron chi connectivity index (χ2n) is 8.83. The number of hydrogen-bond acceptors (Lipinski definition) is 4. The maximum atomic E-state index is 13.0. The van der Waals surface area contributed by atoms with Crippen molar-refractivity contribution < 1.29 is 18.0 Å². The van der Waals surface area contributed by atoms with E-state index < -0.39 is 10.0 Å². The minimum atomic E-state index is -3.56. The number of piperidine rings is 2. The van der Waals surface area contributed by atoms with Crippen LogP contribution in [-0.2, 0) is 19.6 Å². The molecular formula is C22H31N3O4S. The summed E-state index contributed by atoms with van der Waals surface area (Å²) in [5, 5.41) is 2.94. The Morgan fingerprint density at radius 3 is 2.40 bits per heavy atom. The van der Waals surface area contributed by atoms with E-state index in [2.05, 4.69) is 5.32 Å². The highest BCUT2D eigenvalue weighted by atomic mass is 32.2. The minimum Gasteiger partial charge on any atom is -0.342 e. The van der Waals surface area contributed by atoms with Crippen LogP contribution in [0.2, 0.25) is 0 Å². The molecule has 1 aromatic carbocycles. The SMILES string of the molecule is Cc1ccc(S(=O)(=O)N2CCCCC2)cc1NC(=O)C1CCCN(C(=O)C2CC2)C1. The molecule has 0 radical (unpaired) electrons. The van der Waals surface area contributed by atoms with Crippen molar-refractivity contribution in [3.05, 3.63) is 23.8 Å². The Kier molecular flexibility index (Phi) is 6.16. The van der Waals surface area contributed by atoms with Crippen molar-refractivity contribution >= 4 is 27.5 Å². The molecule has 1 N–H and O–H groups in total. The average molecular weight is 434 g/mol. The average Bonchev–Trinajstić information content (AvgIpc) is 3.61. The number of nitrogens with zero attached hydrogens (tertiary/aromatic N) is 2. The molecule has 164 valence electrons. The number of carbonyl (C=O) groups excluding carboxylic acids is 2. The molecule has 2 amide bonds. The first kappa shape index (κ1) is 21.3. The summed E-state index contributed by atoms with van der Waals surface area (Å²) in [6.45, 7) is 4.13. The van der Waals surface area contributed by atoms with Crippen molar-refractivity contribution in [3.8, 4) is 0 Å². The predicted octanol–water partition coefficient (Wildman–Crippen LogP) is 2.76. The lowest BCUT2D eigenvalue weighted by Crippen LogP contribution is -2.44. The van der Waals surface area contributed by atoms with Crippen LogP contribution in [0.3, 0.4) is 0 Å². The number of nitrogens with one attached hydrogen (secondary N) is 1. The fourth-order valence-electron chi connectivity index (χ4n) is 4.37. The number of carbonyl (C=O) groups is 2. The standard InChI is InChI=1S/C22H31N3O4S/c1-16-7-10-19(30(28,29)25-12-3-2-4-13-25)14-20(16)23-21(26)18-6-5-11-24(15-18)22(27)17-8-9-17/h7,10,14,17-18H,2-6,8-9,11-13,15H2,1H3,(H,23,26). The normalized spacial score (nSPS) is 23.2. The summed E-state index contributed by atoms with van der Waals surface area (Å²) in [6, 6.07) is 4.94. The van der Waals surface area contributed by atoms with Crippen LogP contribution < -0.4 is 5.32 Å². The van der Waals surface area contributed by atoms with Crippen molar-refractivity contribution in [1.29, 1.82) is 0 Å². The van der Waals surface area contributed by atoms with E-state index in [0.717, 1.165) is 57.1 Å². The zero-order chi connectivity index (χ0) is 21.3. The molecule has 0 bridgehead atoms. The van der Waals surface area contributed by atoms with E-state index in [9.17, 15) is 18.0 Å². The van der Waals surface area contributed by atoms with Crippen LogP contribution >= 0.6 is 0 Å². The maximum Gasteiger partial charge on any atom is 0.243 e. The number of anilines is 1. The predicted molar refractivity (Wildman–Crippen MR) is 114 cm³/mol. The summed E-state index contributed by atoms with van der Waals surface area (Å²) in [4.78, 5) is 27.3. The van der Waals surface area contributed by atoms with Crippen LogP contribution in [0, 0.1) is 18.8 Å². The third-order valence-electron chi connectivity index (χ3n) is 6.45. The lowest BCUT2D eigenvalue weighted by molar-refractivity contribution is -0.135. The van der Waals surface area contributed by atoms with Gasteiger partial charge in [-0.2, -0.15) is 4.31 Å². The lowest BCUT2D eigenvalue weighted by Gasteiger charge is -2.32. The van der Waals surface area contributed by atoms with Gasteiger partial charge < -0.3 is 10.2 Å². The molecule has 3 fully saturated rings. The van der Waals surface area contributed by atoms with E-state index >= 15 is 0 Å². The highest BCUT2D eigenvalue weighted by Gasteiger charge is 2.37. The van der Waals surface area contributed by atoms with Crippen molar-refractivity contribution in [3.63, 3.8) is 0 Å². The summed E-state index contributed by atoms with van der Waals surface area (Å²) >= 11 is 0. The van der Waals surface area contributed by atoms with Gasteiger partial charge in [-0.3, -0.25) is 9.59 Å². The Balaban J connectivity index is 1.46. The molecule has 30 heavy (non-hydrogen) atoms. The Morgan fingerprint density at radius 1 is 0.967 bits per heavy atom. The second-order valence-corrected chi connectivity index (χ2v) is 10.8. The van der Waals surface area contributed by atoms with E-state index in [4.69, 9.17) is 0 Å². The summed E-state index contributed by atoms with van der Waals surface area (Å²) in [7, 11) is -3.56. The minimum absolute atomic E-state index is 0.140. The van der Waals surface area contributed by atoms with Gasteiger partial charge in [-0.05, 0) is 63.1 Å². The van der Waals surface area contributed by atoms with Crippen molar-refractivity contribution in [2.24, 2.45) is 11.8 Å². The van der Waals surface area contributed by atoms with Gasteiger partial charge in [0.2, 0.25) is 21.8 Å². The van der Waals surface area contributed by atoms with Gasteiger partial charge in [0, 0.05) is 37.8 Å². The smallest absolute Gasteiger partial charge is 0.243 e. The Bertz CT molecular complexity index is 920. The molecule has 2 aliphatic heterocycles. The zero-order valence-corrected chi connectivity index (χ0v) is 18.4. The molecule has 1 unspecified atom stereocenters. The van der Waals surface area contributed by atoms with E-state index in [-0.39, 0.29) is 28.5 Å². The fraction of sp³-hybridized carbons (Fsp3) is 0.636. The molecule has 7 nitrogen and oxygen atoms in total. The van der Waals surface area contributed by atoms with Crippen molar-refractivity contribution in [2.45, 2.75) is 56.8 Å². The number of amides is 2. The summed E-state index contributed by atoms with van der Waals surface area (Å²) in [5.74, 6) is -0.0637. The van der Waals surface area contributed by atoms with Gasteiger partial charge in [0.1, 0.15) is 0 Å². The molecule has 1 aromatic rings. The molecule has 1 aliphatic carbocycles. The lowest BCUT2D eigenvalue weighted by atomic mass is 9.96. The molecule has 2 saturated heterocycles. The molecule has 1 atom stereocenters. The Labute approximate surface area is 178 Å². The van der Waals surface area contributed by atoms with Crippen LogP contribution in [0.25, 0.3) is 0 Å². The highest BCUT2D eigenvalue weighted by Crippen LogP contribution is 2.33. The molecule has 4 rings (SSSR count). The van der Waals surface area contributed by atoms with Gasteiger partial charge in [0.15, 0.2) is 0 Å². The van der Waals surface area contributed by atoms with Crippen molar-refractivity contribution in [2.75, 3.05) is 31.5 Å². The monoisotopic (exact) mass is 433 g/mol. The number of aryl methyl sites for hydroxylation is 1. The number of rotatable bonds is 5. The van der Waals surface area contributed by atoms with Crippen LogP contribution in [0.15, 0.2) is 23.1 Å². The third-order valence-corrected chi connectivity index (χ3v) is 8.34. The summed E-state index contributed by atoms with van der Waals surface area (Å²) in [5.41, 5.74) is 1.35. The van der Waals surface area contributed by atoms with E-state index in [0.29, 0.717) is 25.3 Å². The van der Waals surface area contributed by atoms with E-state index in [1.165, 1.54) is 4.31 Å². The molecule has 1 saturated carbocycles. The number of sulfonamides is 1. The number of hydrogen-bond donors (Lipinski definition) is 1. The molecule has 3 aliphatic rings. The molecule has 2 heterocycles. The Hall–Kier alpha value is -1.93. The molecule has 0 aromatic heterocycles. The largest absolute Gasteiger partial charge is 0.342 e. The molecule has 8 heteroatoms. The van der Waals surface area contributed by atoms with Gasteiger partial charge in [-0.25, -0.2) is 8.42 Å². The topological polar surface area (TPSA) is 86.8 Å². The van der Waals surface area contributed by atoms with E-state index in [1.54, 1.807) is 18.2 Å². The van der Waals surface area contributed by atoms with Gasteiger partial charge in [-0.1, -0.05) is 12.5 Å².